The van der Waals surface area contributed by atoms with Crippen molar-refractivity contribution in [3.05, 3.63) is 33.8 Å². The Labute approximate surface area is 147 Å². The van der Waals surface area contributed by atoms with Gasteiger partial charge in [0.25, 0.3) is 0 Å². The minimum absolute atomic E-state index is 0.212. The Hall–Kier alpha value is -2.33. The highest BCUT2D eigenvalue weighted by atomic mass is 79.9. The van der Waals surface area contributed by atoms with Gasteiger partial charge in [0.15, 0.2) is 17.3 Å². The lowest BCUT2D eigenvalue weighted by atomic mass is 10.1. The Balaban J connectivity index is 1.75. The van der Waals surface area contributed by atoms with Crippen LogP contribution in [0, 0.1) is 11.3 Å². The highest BCUT2D eigenvalue weighted by Gasteiger charge is 2.20. The molecule has 1 aromatic carbocycles. The average Bonchev–Trinajstić information content (AvgIpc) is 3.14. The van der Waals surface area contributed by atoms with Gasteiger partial charge in [-0.05, 0) is 52.5 Å². The summed E-state index contributed by atoms with van der Waals surface area (Å²) in [7, 11) is 0. The van der Waals surface area contributed by atoms with Crippen molar-refractivity contribution < 1.29 is 9.47 Å². The Morgan fingerprint density at radius 1 is 1.25 bits per heavy atom. The summed E-state index contributed by atoms with van der Waals surface area (Å²) in [5.41, 5.74) is 1.36. The summed E-state index contributed by atoms with van der Waals surface area (Å²) in [6.07, 6.45) is 6.13. The second-order valence-electron chi connectivity index (χ2n) is 5.81. The van der Waals surface area contributed by atoms with Crippen LogP contribution in [0.3, 0.4) is 0 Å². The van der Waals surface area contributed by atoms with Crippen LogP contribution in [0.2, 0.25) is 0 Å². The lowest BCUT2D eigenvalue weighted by molar-refractivity contribution is 0.173. The van der Waals surface area contributed by atoms with E-state index in [0.29, 0.717) is 22.9 Å². The standard InChI is InChI=1S/C17H15BrN4O2/c18-13-7-11(8-14-16(13)24-10-23-14)6-12(9-19)17-21-20-15-4-2-1-3-5-22(15)17/h6-8H,1-5,10H2. The Kier molecular flexibility index (Phi) is 3.98. The number of rotatable bonds is 2. The minimum Gasteiger partial charge on any atom is -0.454 e. The molecule has 0 saturated heterocycles. The van der Waals surface area contributed by atoms with Crippen molar-refractivity contribution >= 4 is 27.6 Å². The molecule has 0 amide bonds. The molecular weight excluding hydrogens is 372 g/mol. The summed E-state index contributed by atoms with van der Waals surface area (Å²) in [6, 6.07) is 6.03. The highest BCUT2D eigenvalue weighted by Crippen LogP contribution is 2.40. The summed E-state index contributed by atoms with van der Waals surface area (Å²) in [5, 5.41) is 18.2. The molecule has 7 heteroatoms. The van der Waals surface area contributed by atoms with Crippen molar-refractivity contribution in [2.45, 2.75) is 32.2 Å². The lowest BCUT2D eigenvalue weighted by Crippen LogP contribution is -2.05. The number of hydrogen-bond acceptors (Lipinski definition) is 5. The average molecular weight is 387 g/mol. The molecule has 0 N–H and O–H groups in total. The highest BCUT2D eigenvalue weighted by molar-refractivity contribution is 9.10. The predicted molar refractivity (Wildman–Crippen MR) is 91.3 cm³/mol. The number of aryl methyl sites for hydroxylation is 1. The van der Waals surface area contributed by atoms with E-state index >= 15 is 0 Å². The van der Waals surface area contributed by atoms with E-state index < -0.39 is 0 Å². The zero-order chi connectivity index (χ0) is 16.5. The number of halogens is 1. The van der Waals surface area contributed by atoms with E-state index in [2.05, 4.69) is 36.8 Å². The molecule has 3 heterocycles. The van der Waals surface area contributed by atoms with Crippen molar-refractivity contribution in [1.29, 1.82) is 5.26 Å². The molecule has 0 fully saturated rings. The van der Waals surface area contributed by atoms with E-state index in [1.165, 1.54) is 6.42 Å². The van der Waals surface area contributed by atoms with Crippen LogP contribution in [0.1, 0.15) is 36.5 Å². The summed E-state index contributed by atoms with van der Waals surface area (Å²) in [6.45, 7) is 1.07. The van der Waals surface area contributed by atoms with Crippen LogP contribution in [0.4, 0.5) is 0 Å². The predicted octanol–water partition coefficient (Wildman–Crippen LogP) is 3.56. The Bertz CT molecular complexity index is 866. The largest absolute Gasteiger partial charge is 0.454 e. The van der Waals surface area contributed by atoms with Crippen molar-refractivity contribution in [2.75, 3.05) is 6.79 Å². The molecule has 2 aromatic rings. The quantitative estimate of drug-likeness (QED) is 0.737. The maximum absolute atomic E-state index is 9.63. The first-order valence-electron chi connectivity index (χ1n) is 7.89. The van der Waals surface area contributed by atoms with Crippen LogP contribution in [0.5, 0.6) is 11.5 Å². The number of nitriles is 1. The Morgan fingerprint density at radius 3 is 3.04 bits per heavy atom. The fourth-order valence-electron chi connectivity index (χ4n) is 3.07. The monoisotopic (exact) mass is 386 g/mol. The molecule has 0 unspecified atom stereocenters. The third-order valence-corrected chi connectivity index (χ3v) is 4.82. The van der Waals surface area contributed by atoms with Crippen LogP contribution in [0.25, 0.3) is 11.6 Å². The van der Waals surface area contributed by atoms with Gasteiger partial charge >= 0.3 is 0 Å². The van der Waals surface area contributed by atoms with E-state index in [0.717, 1.165) is 41.7 Å². The second kappa shape index (κ2) is 6.29. The van der Waals surface area contributed by atoms with Gasteiger partial charge in [0, 0.05) is 13.0 Å². The van der Waals surface area contributed by atoms with Gasteiger partial charge < -0.3 is 14.0 Å². The van der Waals surface area contributed by atoms with E-state index in [1.54, 1.807) is 0 Å². The number of hydrogen-bond donors (Lipinski definition) is 0. The van der Waals surface area contributed by atoms with E-state index in [1.807, 2.05) is 18.2 Å². The zero-order valence-electron chi connectivity index (χ0n) is 13.0. The van der Waals surface area contributed by atoms with E-state index in [9.17, 15) is 5.26 Å². The van der Waals surface area contributed by atoms with Gasteiger partial charge in [0.1, 0.15) is 11.9 Å². The van der Waals surface area contributed by atoms with Gasteiger partial charge in [0.05, 0.1) is 10.0 Å². The molecule has 24 heavy (non-hydrogen) atoms. The molecular formula is C17H15BrN4O2. The normalized spacial score (nSPS) is 16.4. The fraction of sp³-hybridized carbons (Fsp3) is 0.353. The first-order valence-corrected chi connectivity index (χ1v) is 8.69. The fourth-order valence-corrected chi connectivity index (χ4v) is 3.64. The van der Waals surface area contributed by atoms with Crippen molar-refractivity contribution in [2.24, 2.45) is 0 Å². The van der Waals surface area contributed by atoms with E-state index in [4.69, 9.17) is 9.47 Å². The van der Waals surface area contributed by atoms with Gasteiger partial charge in [-0.15, -0.1) is 10.2 Å². The summed E-state index contributed by atoms with van der Waals surface area (Å²) >= 11 is 3.48. The van der Waals surface area contributed by atoms with Crippen molar-refractivity contribution in [1.82, 2.24) is 14.8 Å². The number of ether oxygens (including phenoxy) is 2. The number of benzene rings is 1. The molecule has 6 nitrogen and oxygen atoms in total. The van der Waals surface area contributed by atoms with Crippen LogP contribution in [0.15, 0.2) is 16.6 Å². The van der Waals surface area contributed by atoms with Gasteiger partial charge in [-0.25, -0.2) is 0 Å². The zero-order valence-corrected chi connectivity index (χ0v) is 14.5. The molecule has 0 atom stereocenters. The first kappa shape index (κ1) is 15.2. The third-order valence-electron chi connectivity index (χ3n) is 4.23. The molecule has 4 rings (SSSR count). The first-order chi connectivity index (χ1) is 11.8. The molecule has 0 radical (unpaired) electrons. The molecule has 122 valence electrons. The molecule has 0 aliphatic carbocycles. The van der Waals surface area contributed by atoms with Crippen LogP contribution >= 0.6 is 15.9 Å². The van der Waals surface area contributed by atoms with Gasteiger partial charge in [-0.2, -0.15) is 5.26 Å². The smallest absolute Gasteiger partial charge is 0.231 e. The molecule has 1 aromatic heterocycles. The Morgan fingerprint density at radius 2 is 2.17 bits per heavy atom. The summed E-state index contributed by atoms with van der Waals surface area (Å²) < 4.78 is 13.7. The van der Waals surface area contributed by atoms with Crippen LogP contribution < -0.4 is 9.47 Å². The maximum Gasteiger partial charge on any atom is 0.231 e. The number of fused-ring (bicyclic) bond motifs is 2. The molecule has 0 bridgehead atoms. The van der Waals surface area contributed by atoms with Crippen LogP contribution in [-0.4, -0.2) is 21.6 Å². The number of aromatic nitrogens is 3. The second-order valence-corrected chi connectivity index (χ2v) is 6.66. The van der Waals surface area contributed by atoms with Gasteiger partial charge in [0.2, 0.25) is 6.79 Å². The van der Waals surface area contributed by atoms with Crippen LogP contribution in [-0.2, 0) is 13.0 Å². The minimum atomic E-state index is 0.212. The maximum atomic E-state index is 9.63. The molecule has 0 spiro atoms. The van der Waals surface area contributed by atoms with Gasteiger partial charge in [-0.1, -0.05) is 6.42 Å². The lowest BCUT2D eigenvalue weighted by Gasteiger charge is -2.06. The van der Waals surface area contributed by atoms with Gasteiger partial charge in [-0.3, -0.25) is 0 Å². The van der Waals surface area contributed by atoms with Crippen molar-refractivity contribution in [3.63, 3.8) is 0 Å². The number of allylic oxidation sites excluding steroid dienone is 1. The molecule has 0 saturated carbocycles. The third kappa shape index (κ3) is 2.67. The molecule has 2 aliphatic heterocycles. The number of nitrogens with zero attached hydrogens (tertiary/aromatic N) is 4. The SMILES string of the molecule is N#CC(=Cc1cc(Br)c2c(c1)OCO2)c1nnc2n1CCCCC2. The van der Waals surface area contributed by atoms with E-state index in [-0.39, 0.29) is 6.79 Å². The topological polar surface area (TPSA) is 73.0 Å². The summed E-state index contributed by atoms with van der Waals surface area (Å²) in [5.74, 6) is 2.98. The summed E-state index contributed by atoms with van der Waals surface area (Å²) in [4.78, 5) is 0. The van der Waals surface area contributed by atoms with Crippen molar-refractivity contribution in [3.8, 4) is 17.6 Å². The molecule has 2 aliphatic rings.